The molecule has 3 heterocycles. The molecule has 0 aliphatic carbocycles. The molecule has 3 rings (SSSR count). The van der Waals surface area contributed by atoms with Crippen molar-refractivity contribution in [2.45, 2.75) is 30.0 Å². The lowest BCUT2D eigenvalue weighted by Gasteiger charge is -2.08. The van der Waals surface area contributed by atoms with Crippen LogP contribution in [0.5, 0.6) is 0 Å². The van der Waals surface area contributed by atoms with Gasteiger partial charge in [-0.25, -0.2) is 4.98 Å². The third-order valence-corrected chi connectivity index (χ3v) is 5.03. The number of aromatic nitrogens is 4. The summed E-state index contributed by atoms with van der Waals surface area (Å²) < 4.78 is 6.06. The van der Waals surface area contributed by atoms with Crippen molar-refractivity contribution in [1.29, 1.82) is 0 Å². The highest BCUT2D eigenvalue weighted by atomic mass is 32.2. The number of H-pyrrole nitrogens is 1. The Morgan fingerprint density at radius 1 is 1.48 bits per heavy atom. The highest BCUT2D eigenvalue weighted by molar-refractivity contribution is 8.01. The van der Waals surface area contributed by atoms with Gasteiger partial charge in [-0.1, -0.05) is 23.1 Å². The van der Waals surface area contributed by atoms with Crippen LogP contribution in [0.4, 0.5) is 5.13 Å². The highest BCUT2D eigenvalue weighted by Crippen LogP contribution is 2.35. The Morgan fingerprint density at radius 3 is 3.09 bits per heavy atom. The molecular weight excluding hydrogens is 334 g/mol. The molecule has 0 aliphatic heterocycles. The summed E-state index contributed by atoms with van der Waals surface area (Å²) in [5.74, 6) is 1.48. The third-order valence-electron chi connectivity index (χ3n) is 2.95. The number of hydrogen-bond donors (Lipinski definition) is 2. The number of rotatable bonds is 6. The first-order valence-corrected chi connectivity index (χ1v) is 8.64. The minimum Gasteiger partial charge on any atom is -0.467 e. The first-order chi connectivity index (χ1) is 11.1. The van der Waals surface area contributed by atoms with E-state index in [1.54, 1.807) is 13.2 Å². The molecule has 1 atom stereocenters. The molecule has 3 aromatic heterocycles. The molecule has 0 aromatic carbocycles. The molecule has 23 heavy (non-hydrogen) atoms. The van der Waals surface area contributed by atoms with E-state index in [2.05, 4.69) is 25.5 Å². The summed E-state index contributed by atoms with van der Waals surface area (Å²) in [6, 6.07) is 5.21. The lowest BCUT2D eigenvalue weighted by molar-refractivity contribution is 0.518. The molecule has 120 valence electrons. The first-order valence-electron chi connectivity index (χ1n) is 6.94. The van der Waals surface area contributed by atoms with E-state index in [-0.39, 0.29) is 10.8 Å². The van der Waals surface area contributed by atoms with Gasteiger partial charge < -0.3 is 14.7 Å². The van der Waals surface area contributed by atoms with Crippen LogP contribution >= 0.6 is 23.1 Å². The van der Waals surface area contributed by atoms with E-state index in [0.29, 0.717) is 18.1 Å². The molecule has 0 fully saturated rings. The number of nitrogens with zero attached hydrogens (tertiary/aromatic N) is 3. The molecule has 2 N–H and O–H groups in total. The lowest BCUT2D eigenvalue weighted by Crippen LogP contribution is -2.12. The normalized spacial score (nSPS) is 12.3. The highest BCUT2D eigenvalue weighted by Gasteiger charge is 2.14. The second-order valence-corrected chi connectivity index (χ2v) is 7.40. The molecular formula is C14H15N5O2S2. The van der Waals surface area contributed by atoms with Crippen molar-refractivity contribution in [3.8, 4) is 0 Å². The van der Waals surface area contributed by atoms with Crippen molar-refractivity contribution < 1.29 is 4.42 Å². The number of anilines is 1. The SMILES string of the molecule is Cc1cc(=O)[nH]c(C(C)Sc2nnc(NCc3ccco3)s2)n1. The van der Waals surface area contributed by atoms with Gasteiger partial charge in [-0.05, 0) is 26.0 Å². The van der Waals surface area contributed by atoms with Gasteiger partial charge in [0.15, 0.2) is 4.34 Å². The van der Waals surface area contributed by atoms with E-state index < -0.39 is 0 Å². The van der Waals surface area contributed by atoms with Crippen molar-refractivity contribution in [2.75, 3.05) is 5.32 Å². The first kappa shape index (κ1) is 15.8. The van der Waals surface area contributed by atoms with Crippen molar-refractivity contribution in [1.82, 2.24) is 20.2 Å². The predicted octanol–water partition coefficient (Wildman–Crippen LogP) is 2.99. The van der Waals surface area contributed by atoms with E-state index in [1.807, 2.05) is 19.1 Å². The predicted molar refractivity (Wildman–Crippen MR) is 89.8 cm³/mol. The van der Waals surface area contributed by atoms with Crippen molar-refractivity contribution in [3.05, 3.63) is 52.1 Å². The number of furan rings is 1. The van der Waals surface area contributed by atoms with Gasteiger partial charge in [-0.2, -0.15) is 0 Å². The minimum absolute atomic E-state index is 0.0199. The molecule has 1 unspecified atom stereocenters. The maximum absolute atomic E-state index is 11.5. The summed E-state index contributed by atoms with van der Waals surface area (Å²) in [7, 11) is 0. The average Bonchev–Trinajstić information content (AvgIpc) is 3.15. The summed E-state index contributed by atoms with van der Waals surface area (Å²) in [6.07, 6.45) is 1.63. The third kappa shape index (κ3) is 4.20. The van der Waals surface area contributed by atoms with Crippen LogP contribution in [-0.4, -0.2) is 20.2 Å². The largest absolute Gasteiger partial charge is 0.467 e. The minimum atomic E-state index is -0.141. The molecule has 0 bridgehead atoms. The second kappa shape index (κ2) is 6.97. The number of nitrogens with one attached hydrogen (secondary N) is 2. The van der Waals surface area contributed by atoms with Crippen LogP contribution in [0.15, 0.2) is 38.0 Å². The van der Waals surface area contributed by atoms with Crippen LogP contribution in [-0.2, 0) is 6.54 Å². The smallest absolute Gasteiger partial charge is 0.251 e. The van der Waals surface area contributed by atoms with Crippen molar-refractivity contribution >= 4 is 28.2 Å². The van der Waals surface area contributed by atoms with E-state index in [1.165, 1.54) is 29.2 Å². The summed E-state index contributed by atoms with van der Waals surface area (Å²) >= 11 is 2.96. The maximum atomic E-state index is 11.5. The van der Waals surface area contributed by atoms with Crippen LogP contribution in [0, 0.1) is 6.92 Å². The zero-order valence-electron chi connectivity index (χ0n) is 12.6. The monoisotopic (exact) mass is 349 g/mol. The van der Waals surface area contributed by atoms with E-state index in [9.17, 15) is 4.79 Å². The van der Waals surface area contributed by atoms with Crippen molar-refractivity contribution in [2.24, 2.45) is 0 Å². The Balaban J connectivity index is 1.62. The Hall–Kier alpha value is -2.13. The Morgan fingerprint density at radius 2 is 2.35 bits per heavy atom. The van der Waals surface area contributed by atoms with Crippen LogP contribution in [0.25, 0.3) is 0 Å². The van der Waals surface area contributed by atoms with Gasteiger partial charge in [0.25, 0.3) is 5.56 Å². The van der Waals surface area contributed by atoms with E-state index >= 15 is 0 Å². The van der Waals surface area contributed by atoms with Gasteiger partial charge in [0, 0.05) is 11.8 Å². The Labute approximate surface area is 140 Å². The van der Waals surface area contributed by atoms with Gasteiger partial charge in [-0.3, -0.25) is 4.79 Å². The van der Waals surface area contributed by atoms with Gasteiger partial charge in [0.05, 0.1) is 18.1 Å². The zero-order chi connectivity index (χ0) is 16.2. The number of thioether (sulfide) groups is 1. The summed E-state index contributed by atoms with van der Waals surface area (Å²) in [5.41, 5.74) is 0.562. The molecule has 7 nitrogen and oxygen atoms in total. The Kier molecular flexibility index (Phi) is 4.77. The molecule has 0 radical (unpaired) electrons. The quantitative estimate of drug-likeness (QED) is 0.660. The van der Waals surface area contributed by atoms with Gasteiger partial charge in [-0.15, -0.1) is 10.2 Å². The fourth-order valence-electron chi connectivity index (χ4n) is 1.91. The number of hydrogen-bond acceptors (Lipinski definition) is 8. The molecule has 0 amide bonds. The van der Waals surface area contributed by atoms with Gasteiger partial charge in [0.2, 0.25) is 5.13 Å². The van der Waals surface area contributed by atoms with Crippen LogP contribution in [0.2, 0.25) is 0 Å². The average molecular weight is 349 g/mol. The fraction of sp³-hybridized carbons (Fsp3) is 0.286. The number of aryl methyl sites for hydroxylation is 1. The molecule has 9 heteroatoms. The van der Waals surface area contributed by atoms with Crippen LogP contribution in [0.3, 0.4) is 0 Å². The molecule has 0 spiro atoms. The topological polar surface area (TPSA) is 96.7 Å². The summed E-state index contributed by atoms with van der Waals surface area (Å²) in [6.45, 7) is 4.34. The Bertz CT molecular complexity index is 828. The van der Waals surface area contributed by atoms with Gasteiger partial charge in [0.1, 0.15) is 11.6 Å². The van der Waals surface area contributed by atoms with E-state index in [4.69, 9.17) is 4.42 Å². The van der Waals surface area contributed by atoms with Crippen LogP contribution < -0.4 is 10.9 Å². The fourth-order valence-corrected chi connectivity index (χ4v) is 3.86. The standard InChI is InChI=1S/C14H15N5O2S2/c1-8-6-11(20)17-12(16-8)9(2)22-14-19-18-13(23-14)15-7-10-4-3-5-21-10/h3-6,9H,7H2,1-2H3,(H,15,18)(H,16,17,20). The number of aromatic amines is 1. The maximum Gasteiger partial charge on any atom is 0.251 e. The molecule has 0 aliphatic rings. The van der Waals surface area contributed by atoms with Crippen LogP contribution in [0.1, 0.15) is 29.5 Å². The summed E-state index contributed by atoms with van der Waals surface area (Å²) in [5, 5.41) is 12.1. The van der Waals surface area contributed by atoms with Gasteiger partial charge >= 0.3 is 0 Å². The lowest BCUT2D eigenvalue weighted by atomic mass is 10.4. The molecule has 0 saturated heterocycles. The van der Waals surface area contributed by atoms with E-state index in [0.717, 1.165) is 15.2 Å². The summed E-state index contributed by atoms with van der Waals surface area (Å²) in [4.78, 5) is 18.6. The second-order valence-electron chi connectivity index (χ2n) is 4.84. The van der Waals surface area contributed by atoms with Crippen molar-refractivity contribution in [3.63, 3.8) is 0 Å². The zero-order valence-corrected chi connectivity index (χ0v) is 14.2. The molecule has 3 aromatic rings. The molecule has 0 saturated carbocycles.